The Morgan fingerprint density at radius 2 is 2.09 bits per heavy atom. The van der Waals surface area contributed by atoms with Crippen molar-refractivity contribution in [2.75, 3.05) is 12.0 Å². The van der Waals surface area contributed by atoms with Gasteiger partial charge < -0.3 is 4.74 Å². The minimum Gasteiger partial charge on any atom is -0.462 e. The van der Waals surface area contributed by atoms with E-state index in [1.807, 2.05) is 0 Å². The molecule has 1 heterocycles. The van der Waals surface area contributed by atoms with Crippen LogP contribution in [0.5, 0.6) is 0 Å². The lowest BCUT2D eigenvalue weighted by Crippen LogP contribution is -2.03. The van der Waals surface area contributed by atoms with Crippen LogP contribution in [0.4, 0.5) is 9.52 Å². The summed E-state index contributed by atoms with van der Waals surface area (Å²) in [5.74, 6) is -0.677. The van der Waals surface area contributed by atoms with Gasteiger partial charge in [-0.15, -0.1) is 0 Å². The summed E-state index contributed by atoms with van der Waals surface area (Å²) >= 11 is 1.18. The topological polar surface area (TPSA) is 63.6 Å². The quantitative estimate of drug-likeness (QED) is 0.519. The first-order chi connectivity index (χ1) is 10.5. The first-order valence-corrected chi connectivity index (χ1v) is 7.53. The normalized spacial score (nSPS) is 11.4. The fourth-order valence-electron chi connectivity index (χ4n) is 1.72. The van der Waals surface area contributed by atoms with Crippen molar-refractivity contribution in [1.82, 2.24) is 4.98 Å². The standard InChI is InChI=1S/C15H16FN3O2S/c1-4-21-14(20)13-10(3)17-15(22-13)19-18-9(2)11-5-7-12(16)8-6-11/h5-8H,4H2,1-3H3,(H,17,19)/b18-9+. The number of carbonyl (C=O) groups is 1. The van der Waals surface area contributed by atoms with Gasteiger partial charge in [0.2, 0.25) is 5.13 Å². The van der Waals surface area contributed by atoms with Gasteiger partial charge >= 0.3 is 5.97 Å². The molecular weight excluding hydrogens is 305 g/mol. The highest BCUT2D eigenvalue weighted by atomic mass is 32.1. The van der Waals surface area contributed by atoms with E-state index < -0.39 is 0 Å². The number of esters is 1. The summed E-state index contributed by atoms with van der Waals surface area (Å²) < 4.78 is 17.8. The van der Waals surface area contributed by atoms with E-state index in [4.69, 9.17) is 4.74 Å². The summed E-state index contributed by atoms with van der Waals surface area (Å²) in [6.45, 7) is 5.61. The highest BCUT2D eigenvalue weighted by molar-refractivity contribution is 7.17. The van der Waals surface area contributed by atoms with Crippen LogP contribution in [-0.4, -0.2) is 23.3 Å². The molecule has 1 N–H and O–H groups in total. The second kappa shape index (κ2) is 7.13. The zero-order valence-corrected chi connectivity index (χ0v) is 13.3. The van der Waals surface area contributed by atoms with Crippen molar-refractivity contribution < 1.29 is 13.9 Å². The van der Waals surface area contributed by atoms with E-state index in [1.165, 1.54) is 23.5 Å². The molecule has 5 nitrogen and oxygen atoms in total. The maximum absolute atomic E-state index is 12.9. The molecule has 2 rings (SSSR count). The molecule has 0 spiro atoms. The molecule has 0 saturated carbocycles. The summed E-state index contributed by atoms with van der Waals surface area (Å²) in [5, 5.41) is 4.70. The van der Waals surface area contributed by atoms with Gasteiger partial charge in [0, 0.05) is 0 Å². The minimum absolute atomic E-state index is 0.292. The fourth-order valence-corrected chi connectivity index (χ4v) is 2.52. The van der Waals surface area contributed by atoms with Crippen LogP contribution in [0.15, 0.2) is 29.4 Å². The molecule has 7 heteroatoms. The number of aromatic nitrogens is 1. The second-order valence-corrected chi connectivity index (χ2v) is 5.47. The van der Waals surface area contributed by atoms with Crippen LogP contribution in [-0.2, 0) is 4.74 Å². The molecule has 0 aliphatic rings. The predicted molar refractivity (Wildman–Crippen MR) is 85.0 cm³/mol. The highest BCUT2D eigenvalue weighted by Crippen LogP contribution is 2.23. The summed E-state index contributed by atoms with van der Waals surface area (Å²) in [5.41, 5.74) is 4.89. The summed E-state index contributed by atoms with van der Waals surface area (Å²) in [6.07, 6.45) is 0. The highest BCUT2D eigenvalue weighted by Gasteiger charge is 2.16. The first kappa shape index (κ1) is 16.1. The first-order valence-electron chi connectivity index (χ1n) is 6.72. The number of carbonyl (C=O) groups excluding carboxylic acids is 1. The Kier molecular flexibility index (Phi) is 5.21. The lowest BCUT2D eigenvalue weighted by Gasteiger charge is -2.01. The number of benzene rings is 1. The molecule has 0 aliphatic carbocycles. The summed E-state index contributed by atoms with van der Waals surface area (Å²) in [4.78, 5) is 16.4. The van der Waals surface area contributed by atoms with Crippen molar-refractivity contribution in [3.8, 4) is 0 Å². The second-order valence-electron chi connectivity index (χ2n) is 4.47. The Hall–Kier alpha value is -2.28. The van der Waals surface area contributed by atoms with E-state index in [2.05, 4.69) is 15.5 Å². The smallest absolute Gasteiger partial charge is 0.350 e. The van der Waals surface area contributed by atoms with Crippen molar-refractivity contribution in [1.29, 1.82) is 0 Å². The van der Waals surface area contributed by atoms with Gasteiger partial charge in [-0.25, -0.2) is 14.2 Å². The number of rotatable bonds is 5. The number of halogens is 1. The van der Waals surface area contributed by atoms with Crippen molar-refractivity contribution in [3.05, 3.63) is 46.2 Å². The van der Waals surface area contributed by atoms with Gasteiger partial charge in [-0.2, -0.15) is 5.10 Å². The molecule has 0 aliphatic heterocycles. The van der Waals surface area contributed by atoms with Crippen LogP contribution in [0.1, 0.15) is 34.8 Å². The number of nitrogens with zero attached hydrogens (tertiary/aromatic N) is 2. The van der Waals surface area contributed by atoms with Crippen LogP contribution < -0.4 is 5.43 Å². The average molecular weight is 321 g/mol. The fraction of sp³-hybridized carbons (Fsp3) is 0.267. The third-order valence-electron chi connectivity index (χ3n) is 2.84. The monoisotopic (exact) mass is 321 g/mol. The van der Waals surface area contributed by atoms with Gasteiger partial charge in [0.1, 0.15) is 10.7 Å². The lowest BCUT2D eigenvalue weighted by atomic mass is 10.1. The zero-order valence-electron chi connectivity index (χ0n) is 12.5. The van der Waals surface area contributed by atoms with E-state index >= 15 is 0 Å². The Morgan fingerprint density at radius 3 is 2.73 bits per heavy atom. The molecule has 0 bridgehead atoms. The maximum atomic E-state index is 12.9. The van der Waals surface area contributed by atoms with Crippen molar-refractivity contribution in [2.24, 2.45) is 5.10 Å². The lowest BCUT2D eigenvalue weighted by molar-refractivity contribution is 0.0531. The number of thiazole rings is 1. The van der Waals surface area contributed by atoms with Crippen LogP contribution in [0, 0.1) is 12.7 Å². The average Bonchev–Trinajstić information content (AvgIpc) is 2.87. The van der Waals surface area contributed by atoms with Crippen molar-refractivity contribution in [3.63, 3.8) is 0 Å². The Balaban J connectivity index is 2.11. The molecule has 0 radical (unpaired) electrons. The molecule has 0 fully saturated rings. The third kappa shape index (κ3) is 3.88. The molecule has 1 aromatic carbocycles. The molecule has 1 aromatic heterocycles. The molecule has 22 heavy (non-hydrogen) atoms. The van der Waals surface area contributed by atoms with E-state index in [0.717, 1.165) is 5.56 Å². The van der Waals surface area contributed by atoms with Gasteiger partial charge in [0.05, 0.1) is 18.0 Å². The maximum Gasteiger partial charge on any atom is 0.350 e. The van der Waals surface area contributed by atoms with Gasteiger partial charge in [0.25, 0.3) is 0 Å². The number of anilines is 1. The van der Waals surface area contributed by atoms with Gasteiger partial charge in [0.15, 0.2) is 0 Å². The Labute approximate surface area is 131 Å². The van der Waals surface area contributed by atoms with E-state index in [0.29, 0.717) is 28.0 Å². The SMILES string of the molecule is CCOC(=O)c1sc(N/N=C(\C)c2ccc(F)cc2)nc1C. The molecule has 0 saturated heterocycles. The number of ether oxygens (including phenoxy) is 1. The van der Waals surface area contributed by atoms with Gasteiger partial charge in [-0.3, -0.25) is 5.43 Å². The number of hydrogen-bond acceptors (Lipinski definition) is 6. The molecule has 2 aromatic rings. The third-order valence-corrected chi connectivity index (χ3v) is 3.88. The van der Waals surface area contributed by atoms with Crippen molar-refractivity contribution in [2.45, 2.75) is 20.8 Å². The van der Waals surface area contributed by atoms with Crippen LogP contribution in [0.2, 0.25) is 0 Å². The van der Waals surface area contributed by atoms with E-state index in [9.17, 15) is 9.18 Å². The van der Waals surface area contributed by atoms with E-state index in [-0.39, 0.29) is 11.8 Å². The van der Waals surface area contributed by atoms with Gasteiger partial charge in [-0.05, 0) is 38.5 Å². The number of aryl methyl sites for hydroxylation is 1. The molecule has 0 amide bonds. The number of hydrazone groups is 1. The van der Waals surface area contributed by atoms with Crippen LogP contribution in [0.25, 0.3) is 0 Å². The van der Waals surface area contributed by atoms with Crippen molar-refractivity contribution >= 4 is 28.1 Å². The zero-order chi connectivity index (χ0) is 16.1. The molecule has 0 atom stereocenters. The molecular formula is C15H16FN3O2S. The predicted octanol–water partition coefficient (Wildman–Crippen LogP) is 3.60. The molecule has 116 valence electrons. The number of hydrogen-bond donors (Lipinski definition) is 1. The van der Waals surface area contributed by atoms with Crippen LogP contribution >= 0.6 is 11.3 Å². The minimum atomic E-state index is -0.384. The summed E-state index contributed by atoms with van der Waals surface area (Å²) in [6, 6.07) is 6.04. The van der Waals surface area contributed by atoms with Gasteiger partial charge in [-0.1, -0.05) is 23.5 Å². The molecule has 0 unspecified atom stereocenters. The van der Waals surface area contributed by atoms with Crippen LogP contribution in [0.3, 0.4) is 0 Å². The number of nitrogens with one attached hydrogen (secondary N) is 1. The largest absolute Gasteiger partial charge is 0.462 e. The Bertz CT molecular complexity index is 695. The van der Waals surface area contributed by atoms with E-state index in [1.54, 1.807) is 32.9 Å². The Morgan fingerprint density at radius 1 is 1.41 bits per heavy atom. The summed E-state index contributed by atoms with van der Waals surface area (Å²) in [7, 11) is 0.